The van der Waals surface area contributed by atoms with Gasteiger partial charge in [-0.3, -0.25) is 0 Å². The number of pyridine rings is 1. The van der Waals surface area contributed by atoms with E-state index in [4.69, 9.17) is 5.11 Å². The average Bonchev–Trinajstić information content (AvgIpc) is 2.33. The maximum absolute atomic E-state index is 11.3. The number of aromatic nitrogens is 1. The third-order valence-electron chi connectivity index (χ3n) is 2.98. The second-order valence-corrected chi connectivity index (χ2v) is 7.64. The first-order chi connectivity index (χ1) is 8.87. The number of aromatic carboxylic acids is 1. The van der Waals surface area contributed by atoms with Crippen molar-refractivity contribution in [3.05, 3.63) is 22.3 Å². The van der Waals surface area contributed by atoms with Gasteiger partial charge in [-0.05, 0) is 34.8 Å². The molecule has 0 saturated carbocycles. The molecule has 0 aromatic carbocycles. The van der Waals surface area contributed by atoms with E-state index < -0.39 is 15.8 Å². The Morgan fingerprint density at radius 2 is 2.05 bits per heavy atom. The van der Waals surface area contributed by atoms with Gasteiger partial charge in [0.1, 0.15) is 21.2 Å². The number of rotatable bonds is 3. The van der Waals surface area contributed by atoms with Crippen LogP contribution in [0.2, 0.25) is 0 Å². The van der Waals surface area contributed by atoms with Gasteiger partial charge in [-0.25, -0.2) is 18.2 Å². The first-order valence-electron chi connectivity index (χ1n) is 5.73. The minimum absolute atomic E-state index is 0.0599. The fourth-order valence-electron chi connectivity index (χ4n) is 1.95. The smallest absolute Gasteiger partial charge is 0.339 e. The molecular formula is C11H13BrN2O4S. The number of sulfone groups is 1. The number of nitrogens with zero attached hydrogens (tertiary/aromatic N) is 1. The molecule has 0 spiro atoms. The number of anilines is 1. The highest BCUT2D eigenvalue weighted by molar-refractivity contribution is 9.10. The van der Waals surface area contributed by atoms with Crippen LogP contribution >= 0.6 is 15.9 Å². The van der Waals surface area contributed by atoms with Crippen LogP contribution in [0.5, 0.6) is 0 Å². The monoisotopic (exact) mass is 348 g/mol. The molecule has 0 unspecified atom stereocenters. The number of halogens is 1. The molecule has 1 aliphatic rings. The van der Waals surface area contributed by atoms with E-state index in [1.165, 1.54) is 12.3 Å². The molecule has 1 aromatic heterocycles. The molecular weight excluding hydrogens is 336 g/mol. The van der Waals surface area contributed by atoms with Crippen LogP contribution in [-0.4, -0.2) is 42.0 Å². The first kappa shape index (κ1) is 14.3. The van der Waals surface area contributed by atoms with Crippen LogP contribution in [0.3, 0.4) is 0 Å². The van der Waals surface area contributed by atoms with Crippen molar-refractivity contribution < 1.29 is 18.3 Å². The van der Waals surface area contributed by atoms with Crippen LogP contribution in [0.15, 0.2) is 16.7 Å². The summed E-state index contributed by atoms with van der Waals surface area (Å²) in [6.07, 6.45) is 2.45. The summed E-state index contributed by atoms with van der Waals surface area (Å²) in [7, 11) is -2.93. The molecule has 6 nitrogen and oxygen atoms in total. The van der Waals surface area contributed by atoms with E-state index in [2.05, 4.69) is 26.2 Å². The number of carboxylic acids is 1. The number of hydrogen-bond donors (Lipinski definition) is 2. The van der Waals surface area contributed by atoms with Gasteiger partial charge < -0.3 is 10.4 Å². The zero-order chi connectivity index (χ0) is 14.0. The largest absolute Gasteiger partial charge is 0.478 e. The molecule has 2 heterocycles. The number of carboxylic acid groups (broad SMARTS) is 1. The van der Waals surface area contributed by atoms with Gasteiger partial charge in [-0.1, -0.05) is 0 Å². The molecule has 1 aliphatic heterocycles. The van der Waals surface area contributed by atoms with E-state index in [9.17, 15) is 13.2 Å². The number of carbonyl (C=O) groups is 1. The third-order valence-corrected chi connectivity index (χ3v) is 5.13. The summed E-state index contributed by atoms with van der Waals surface area (Å²) in [4.78, 5) is 15.2. The van der Waals surface area contributed by atoms with Crippen molar-refractivity contribution in [1.82, 2.24) is 4.98 Å². The summed E-state index contributed by atoms with van der Waals surface area (Å²) in [5, 5.41) is 12.1. The van der Waals surface area contributed by atoms with Crippen molar-refractivity contribution in [2.45, 2.75) is 18.9 Å². The molecule has 1 aromatic rings. The molecule has 0 amide bonds. The van der Waals surface area contributed by atoms with Crippen LogP contribution in [0.4, 0.5) is 5.82 Å². The maximum atomic E-state index is 11.3. The minimum Gasteiger partial charge on any atom is -0.478 e. The van der Waals surface area contributed by atoms with Crippen LogP contribution in [-0.2, 0) is 9.84 Å². The molecule has 0 aliphatic carbocycles. The Kier molecular flexibility index (Phi) is 4.10. The molecule has 0 bridgehead atoms. The SMILES string of the molecule is O=C(O)c1cc(Br)cnc1NC1CCS(=O)(=O)CC1. The molecule has 2 rings (SSSR count). The lowest BCUT2D eigenvalue weighted by atomic mass is 10.1. The molecule has 0 atom stereocenters. The van der Waals surface area contributed by atoms with Crippen molar-refractivity contribution in [2.75, 3.05) is 16.8 Å². The standard InChI is InChI=1S/C11H13BrN2O4S/c12-7-5-9(11(15)16)10(13-6-7)14-8-1-3-19(17,18)4-2-8/h5-6,8H,1-4H2,(H,13,14)(H,15,16). The van der Waals surface area contributed by atoms with Gasteiger partial charge in [0.25, 0.3) is 0 Å². The molecule has 1 saturated heterocycles. The molecule has 1 fully saturated rings. The molecule has 2 N–H and O–H groups in total. The fraction of sp³-hybridized carbons (Fsp3) is 0.455. The Hall–Kier alpha value is -1.15. The van der Waals surface area contributed by atoms with E-state index in [0.717, 1.165) is 0 Å². The maximum Gasteiger partial charge on any atom is 0.339 e. The van der Waals surface area contributed by atoms with Gasteiger partial charge >= 0.3 is 5.97 Å². The van der Waals surface area contributed by atoms with E-state index in [1.807, 2.05) is 0 Å². The zero-order valence-electron chi connectivity index (χ0n) is 9.97. The zero-order valence-corrected chi connectivity index (χ0v) is 12.4. The van der Waals surface area contributed by atoms with Gasteiger partial charge in [-0.15, -0.1) is 0 Å². The summed E-state index contributed by atoms with van der Waals surface area (Å²) >= 11 is 3.17. The first-order valence-corrected chi connectivity index (χ1v) is 8.34. The van der Waals surface area contributed by atoms with Gasteiger partial charge in [0.05, 0.1) is 11.5 Å². The Morgan fingerprint density at radius 1 is 1.42 bits per heavy atom. The van der Waals surface area contributed by atoms with Gasteiger partial charge in [0.2, 0.25) is 0 Å². The quantitative estimate of drug-likeness (QED) is 0.859. The lowest BCUT2D eigenvalue weighted by molar-refractivity contribution is 0.0697. The Bertz CT molecular complexity index is 589. The van der Waals surface area contributed by atoms with E-state index in [-0.39, 0.29) is 28.9 Å². The molecule has 0 radical (unpaired) electrons. The van der Waals surface area contributed by atoms with Crippen LogP contribution in [0.1, 0.15) is 23.2 Å². The van der Waals surface area contributed by atoms with E-state index in [1.54, 1.807) is 0 Å². The Balaban J connectivity index is 2.14. The predicted molar refractivity (Wildman–Crippen MR) is 74.2 cm³/mol. The van der Waals surface area contributed by atoms with Crippen molar-refractivity contribution in [1.29, 1.82) is 0 Å². The second kappa shape index (κ2) is 5.46. The van der Waals surface area contributed by atoms with Crippen molar-refractivity contribution in [3.63, 3.8) is 0 Å². The highest BCUT2D eigenvalue weighted by Gasteiger charge is 2.25. The van der Waals surface area contributed by atoms with Crippen molar-refractivity contribution in [2.24, 2.45) is 0 Å². The van der Waals surface area contributed by atoms with Gasteiger partial charge in [0.15, 0.2) is 0 Å². The summed E-state index contributed by atoms with van der Waals surface area (Å²) < 4.78 is 23.2. The highest BCUT2D eigenvalue weighted by atomic mass is 79.9. The topological polar surface area (TPSA) is 96.4 Å². The Labute approximate surface area is 119 Å². The summed E-state index contributed by atoms with van der Waals surface area (Å²) in [6, 6.07) is 1.41. The Morgan fingerprint density at radius 3 is 2.63 bits per heavy atom. The summed E-state index contributed by atoms with van der Waals surface area (Å²) in [5.74, 6) is -0.535. The summed E-state index contributed by atoms with van der Waals surface area (Å²) in [6.45, 7) is 0. The van der Waals surface area contributed by atoms with E-state index in [0.29, 0.717) is 17.3 Å². The fourth-order valence-corrected chi connectivity index (χ4v) is 3.77. The van der Waals surface area contributed by atoms with Crippen LogP contribution in [0.25, 0.3) is 0 Å². The number of hydrogen-bond acceptors (Lipinski definition) is 5. The van der Waals surface area contributed by atoms with Crippen LogP contribution in [0, 0.1) is 0 Å². The normalized spacial score (nSPS) is 19.0. The van der Waals surface area contributed by atoms with Crippen molar-refractivity contribution >= 4 is 37.6 Å². The van der Waals surface area contributed by atoms with Crippen molar-refractivity contribution in [3.8, 4) is 0 Å². The molecule has 19 heavy (non-hydrogen) atoms. The lowest BCUT2D eigenvalue weighted by Crippen LogP contribution is -2.32. The van der Waals surface area contributed by atoms with Gasteiger partial charge in [-0.2, -0.15) is 0 Å². The molecule has 104 valence electrons. The minimum atomic E-state index is -2.93. The highest BCUT2D eigenvalue weighted by Crippen LogP contribution is 2.22. The van der Waals surface area contributed by atoms with E-state index >= 15 is 0 Å². The van der Waals surface area contributed by atoms with Gasteiger partial charge in [0, 0.05) is 16.7 Å². The predicted octanol–water partition coefficient (Wildman–Crippen LogP) is 1.53. The summed E-state index contributed by atoms with van der Waals surface area (Å²) in [5.41, 5.74) is 0.0720. The third kappa shape index (κ3) is 3.66. The lowest BCUT2D eigenvalue weighted by Gasteiger charge is -2.24. The van der Waals surface area contributed by atoms with Crippen LogP contribution < -0.4 is 5.32 Å². The average molecular weight is 349 g/mol. The second-order valence-electron chi connectivity index (χ2n) is 4.43. The number of nitrogens with one attached hydrogen (secondary N) is 1. The molecule has 8 heteroatoms.